The first kappa shape index (κ1) is 26.7. The van der Waals surface area contributed by atoms with E-state index in [2.05, 4.69) is 16.0 Å². The summed E-state index contributed by atoms with van der Waals surface area (Å²) in [6.07, 6.45) is 7.39. The van der Waals surface area contributed by atoms with Crippen LogP contribution in [0.3, 0.4) is 0 Å². The van der Waals surface area contributed by atoms with Crippen molar-refractivity contribution in [1.29, 1.82) is 0 Å². The van der Waals surface area contributed by atoms with Gasteiger partial charge in [-0.25, -0.2) is 12.8 Å². The molecule has 1 saturated carbocycles. The lowest BCUT2D eigenvalue weighted by Crippen LogP contribution is -2.49. The average Bonchev–Trinajstić information content (AvgIpc) is 2.83. The third-order valence-electron chi connectivity index (χ3n) is 6.26. The summed E-state index contributed by atoms with van der Waals surface area (Å²) in [7, 11) is -3.30. The first-order valence-corrected chi connectivity index (χ1v) is 14.0. The van der Waals surface area contributed by atoms with Gasteiger partial charge in [-0.05, 0) is 54.3 Å². The van der Waals surface area contributed by atoms with Crippen molar-refractivity contribution in [3.8, 4) is 0 Å². The van der Waals surface area contributed by atoms with Crippen LogP contribution in [0.5, 0.6) is 0 Å². The monoisotopic (exact) mass is 503 g/mol. The van der Waals surface area contributed by atoms with Crippen molar-refractivity contribution in [2.45, 2.75) is 55.9 Å². The van der Waals surface area contributed by atoms with Gasteiger partial charge in [0.2, 0.25) is 11.8 Å². The number of benzene rings is 2. The fourth-order valence-corrected chi connectivity index (χ4v) is 4.99. The lowest BCUT2D eigenvalue weighted by molar-refractivity contribution is -0.129. The zero-order valence-electron chi connectivity index (χ0n) is 20.1. The highest BCUT2D eigenvalue weighted by Crippen LogP contribution is 2.27. The van der Waals surface area contributed by atoms with Crippen LogP contribution in [0, 0.1) is 11.7 Å². The van der Waals surface area contributed by atoms with Crippen molar-refractivity contribution in [2.24, 2.45) is 5.92 Å². The Morgan fingerprint density at radius 3 is 2.26 bits per heavy atom. The minimum Gasteiger partial charge on any atom is -0.383 e. The Kier molecular flexibility index (Phi) is 9.65. The van der Waals surface area contributed by atoms with E-state index in [1.807, 2.05) is 0 Å². The van der Waals surface area contributed by atoms with E-state index in [9.17, 15) is 22.4 Å². The molecule has 0 heterocycles. The minimum atomic E-state index is -3.30. The number of anilines is 1. The van der Waals surface area contributed by atoms with Crippen LogP contribution in [-0.4, -0.2) is 45.6 Å². The fourth-order valence-electron chi connectivity index (χ4n) is 4.36. The standard InChI is InChI=1S/C26H34FN3O4S/c1-35(33,34)23-13-7-20(8-14-23)18-25(31)30-24(17-19-5-3-2-4-6-19)26(32)29-16-15-28-22-11-9-21(27)10-12-22/h7-14,19,24,28H,2-6,15-18H2,1H3,(H,29,32)(H,30,31). The number of rotatable bonds is 11. The van der Waals surface area contributed by atoms with Gasteiger partial charge in [0.25, 0.3) is 0 Å². The van der Waals surface area contributed by atoms with E-state index < -0.39 is 15.9 Å². The van der Waals surface area contributed by atoms with Crippen LogP contribution in [0.1, 0.15) is 44.1 Å². The summed E-state index contributed by atoms with van der Waals surface area (Å²) in [5.74, 6) is -0.419. The van der Waals surface area contributed by atoms with Gasteiger partial charge in [0.1, 0.15) is 11.9 Å². The molecular formula is C26H34FN3O4S. The zero-order chi connectivity index (χ0) is 25.3. The summed E-state index contributed by atoms with van der Waals surface area (Å²) in [4.78, 5) is 25.9. The Morgan fingerprint density at radius 1 is 0.971 bits per heavy atom. The summed E-state index contributed by atoms with van der Waals surface area (Å²) in [6, 6.07) is 11.6. The Bertz CT molecular complexity index is 1080. The van der Waals surface area contributed by atoms with E-state index in [0.717, 1.165) is 37.6 Å². The maximum atomic E-state index is 13.0. The third-order valence-corrected chi connectivity index (χ3v) is 7.39. The maximum Gasteiger partial charge on any atom is 0.242 e. The minimum absolute atomic E-state index is 0.0601. The summed E-state index contributed by atoms with van der Waals surface area (Å²) in [5, 5.41) is 8.91. The SMILES string of the molecule is CS(=O)(=O)c1ccc(CC(=O)NC(CC2CCCCC2)C(=O)NCCNc2ccc(F)cc2)cc1. The van der Waals surface area contributed by atoms with Crippen molar-refractivity contribution in [3.05, 3.63) is 59.9 Å². The summed E-state index contributed by atoms with van der Waals surface area (Å²) in [6.45, 7) is 0.828. The van der Waals surface area contributed by atoms with Gasteiger partial charge in [-0.1, -0.05) is 44.2 Å². The van der Waals surface area contributed by atoms with Gasteiger partial charge in [0.05, 0.1) is 11.3 Å². The highest BCUT2D eigenvalue weighted by Gasteiger charge is 2.25. The smallest absolute Gasteiger partial charge is 0.242 e. The fraction of sp³-hybridized carbons (Fsp3) is 0.462. The molecule has 1 aliphatic carbocycles. The predicted molar refractivity (Wildman–Crippen MR) is 134 cm³/mol. The van der Waals surface area contributed by atoms with Crippen molar-refractivity contribution in [3.63, 3.8) is 0 Å². The van der Waals surface area contributed by atoms with Crippen LogP contribution in [0.15, 0.2) is 53.4 Å². The first-order chi connectivity index (χ1) is 16.7. The van der Waals surface area contributed by atoms with Gasteiger partial charge < -0.3 is 16.0 Å². The maximum absolute atomic E-state index is 13.0. The number of hydrogen-bond donors (Lipinski definition) is 3. The third kappa shape index (κ3) is 8.98. The van der Waals surface area contributed by atoms with E-state index in [0.29, 0.717) is 31.0 Å². The topological polar surface area (TPSA) is 104 Å². The van der Waals surface area contributed by atoms with Gasteiger partial charge >= 0.3 is 0 Å². The Balaban J connectivity index is 1.54. The molecule has 0 spiro atoms. The molecule has 3 N–H and O–H groups in total. The van der Waals surface area contributed by atoms with E-state index >= 15 is 0 Å². The number of sulfone groups is 1. The summed E-state index contributed by atoms with van der Waals surface area (Å²) >= 11 is 0. The van der Waals surface area contributed by atoms with E-state index in [1.54, 1.807) is 24.3 Å². The molecule has 9 heteroatoms. The van der Waals surface area contributed by atoms with E-state index in [-0.39, 0.29) is 28.9 Å². The van der Waals surface area contributed by atoms with Crippen LogP contribution in [0.4, 0.5) is 10.1 Å². The van der Waals surface area contributed by atoms with Crippen LogP contribution >= 0.6 is 0 Å². The molecule has 1 unspecified atom stereocenters. The van der Waals surface area contributed by atoms with Gasteiger partial charge in [-0.15, -0.1) is 0 Å². The second-order valence-electron chi connectivity index (χ2n) is 9.18. The van der Waals surface area contributed by atoms with Crippen LogP contribution in [0.25, 0.3) is 0 Å². The molecule has 1 aliphatic rings. The number of carbonyl (C=O) groups is 2. The molecule has 0 aromatic heterocycles. The predicted octanol–water partition coefficient (Wildman–Crippen LogP) is 3.46. The zero-order valence-corrected chi connectivity index (χ0v) is 20.9. The van der Waals surface area contributed by atoms with E-state index in [1.165, 1.54) is 30.7 Å². The van der Waals surface area contributed by atoms with Gasteiger partial charge in [0.15, 0.2) is 9.84 Å². The number of nitrogens with one attached hydrogen (secondary N) is 3. The number of carbonyl (C=O) groups excluding carboxylic acids is 2. The molecule has 0 bridgehead atoms. The second kappa shape index (κ2) is 12.7. The van der Waals surface area contributed by atoms with Crippen LogP contribution in [0.2, 0.25) is 0 Å². The quantitative estimate of drug-likeness (QED) is 0.408. The molecule has 1 fully saturated rings. The molecule has 35 heavy (non-hydrogen) atoms. The molecule has 0 saturated heterocycles. The highest BCUT2D eigenvalue weighted by molar-refractivity contribution is 7.90. The highest BCUT2D eigenvalue weighted by atomic mass is 32.2. The lowest BCUT2D eigenvalue weighted by Gasteiger charge is -2.26. The van der Waals surface area contributed by atoms with Gasteiger partial charge in [-0.2, -0.15) is 0 Å². The molecule has 2 aromatic rings. The number of amides is 2. The van der Waals surface area contributed by atoms with Crippen molar-refractivity contribution in [2.75, 3.05) is 24.7 Å². The first-order valence-electron chi connectivity index (χ1n) is 12.1. The van der Waals surface area contributed by atoms with Crippen molar-refractivity contribution >= 4 is 27.3 Å². The number of halogens is 1. The average molecular weight is 504 g/mol. The molecule has 2 aromatic carbocycles. The summed E-state index contributed by atoms with van der Waals surface area (Å²) in [5.41, 5.74) is 1.44. The molecule has 2 amide bonds. The largest absolute Gasteiger partial charge is 0.383 e. The lowest BCUT2D eigenvalue weighted by atomic mass is 9.84. The molecule has 190 valence electrons. The van der Waals surface area contributed by atoms with Gasteiger partial charge in [0, 0.05) is 25.0 Å². The molecule has 0 radical (unpaired) electrons. The normalized spacial score (nSPS) is 15.3. The van der Waals surface area contributed by atoms with Crippen LogP contribution < -0.4 is 16.0 Å². The van der Waals surface area contributed by atoms with Crippen molar-refractivity contribution in [1.82, 2.24) is 10.6 Å². The molecule has 1 atom stereocenters. The molecular weight excluding hydrogens is 469 g/mol. The molecule has 7 nitrogen and oxygen atoms in total. The Hall–Kier alpha value is -2.94. The second-order valence-corrected chi connectivity index (χ2v) is 11.2. The van der Waals surface area contributed by atoms with Gasteiger partial charge in [-0.3, -0.25) is 9.59 Å². The molecule has 3 rings (SSSR count). The van der Waals surface area contributed by atoms with Crippen molar-refractivity contribution < 1.29 is 22.4 Å². The number of hydrogen-bond acceptors (Lipinski definition) is 5. The Labute approximate surface area is 206 Å². The summed E-state index contributed by atoms with van der Waals surface area (Å²) < 4.78 is 36.3. The Morgan fingerprint density at radius 2 is 1.63 bits per heavy atom. The van der Waals surface area contributed by atoms with E-state index in [4.69, 9.17) is 0 Å². The molecule has 0 aliphatic heterocycles. The van der Waals surface area contributed by atoms with Crippen LogP contribution in [-0.2, 0) is 25.8 Å².